The third-order valence-corrected chi connectivity index (χ3v) is 5.06. The molecule has 1 rings (SSSR count). The maximum absolute atomic E-state index is 9.93. The van der Waals surface area contributed by atoms with E-state index in [1.165, 1.54) is 12.8 Å². The van der Waals surface area contributed by atoms with E-state index in [2.05, 4.69) is 34.7 Å². The van der Waals surface area contributed by atoms with Crippen molar-refractivity contribution in [2.45, 2.75) is 45.6 Å². The van der Waals surface area contributed by atoms with E-state index < -0.39 is 5.60 Å². The summed E-state index contributed by atoms with van der Waals surface area (Å²) in [6.45, 7) is 9.46. The highest BCUT2D eigenvalue weighted by molar-refractivity contribution is 9.09. The molecule has 15 heavy (non-hydrogen) atoms. The Balaban J connectivity index is 2.53. The number of alkyl halides is 1. The van der Waals surface area contributed by atoms with Gasteiger partial charge in [-0.15, -0.1) is 0 Å². The van der Waals surface area contributed by atoms with Gasteiger partial charge in [-0.25, -0.2) is 0 Å². The minimum Gasteiger partial charge on any atom is -0.389 e. The van der Waals surface area contributed by atoms with Gasteiger partial charge < -0.3 is 5.11 Å². The SMILES string of the molecule is CCC(CC)(CBr)CN1CCC(C)(O)C1. The molecule has 0 saturated carbocycles. The third kappa shape index (κ3) is 3.43. The fraction of sp³-hybridized carbons (Fsp3) is 1.00. The molecule has 0 spiro atoms. The largest absolute Gasteiger partial charge is 0.389 e. The van der Waals surface area contributed by atoms with Crippen LogP contribution in [0.25, 0.3) is 0 Å². The fourth-order valence-corrected chi connectivity index (χ4v) is 3.32. The summed E-state index contributed by atoms with van der Waals surface area (Å²) in [5, 5.41) is 11.0. The standard InChI is InChI=1S/C12H24BrNO/c1-4-12(5-2,8-13)10-14-7-6-11(3,15)9-14/h15H,4-10H2,1-3H3. The van der Waals surface area contributed by atoms with Crippen LogP contribution in [0.3, 0.4) is 0 Å². The molecule has 1 N–H and O–H groups in total. The number of hydrogen-bond acceptors (Lipinski definition) is 2. The highest BCUT2D eigenvalue weighted by atomic mass is 79.9. The van der Waals surface area contributed by atoms with Crippen LogP contribution >= 0.6 is 15.9 Å². The van der Waals surface area contributed by atoms with Gasteiger partial charge in [-0.2, -0.15) is 0 Å². The number of β-amino-alcohol motifs (C(OH)–C–C–N with tert-alkyl or cyclic N) is 1. The highest BCUT2D eigenvalue weighted by Crippen LogP contribution is 2.32. The molecular formula is C12H24BrNO. The Bertz CT molecular complexity index is 194. The van der Waals surface area contributed by atoms with Gasteiger partial charge in [0.25, 0.3) is 0 Å². The first-order valence-corrected chi connectivity index (χ1v) is 7.10. The maximum Gasteiger partial charge on any atom is 0.0758 e. The molecule has 0 aromatic rings. The number of hydrogen-bond donors (Lipinski definition) is 1. The minimum atomic E-state index is -0.459. The summed E-state index contributed by atoms with van der Waals surface area (Å²) in [7, 11) is 0. The van der Waals surface area contributed by atoms with Gasteiger partial charge in [-0.1, -0.05) is 29.8 Å². The first-order valence-electron chi connectivity index (χ1n) is 5.98. The van der Waals surface area contributed by atoms with Gasteiger partial charge in [-0.05, 0) is 31.6 Å². The van der Waals surface area contributed by atoms with Crippen LogP contribution in [0.1, 0.15) is 40.0 Å². The van der Waals surface area contributed by atoms with E-state index in [-0.39, 0.29) is 0 Å². The zero-order chi connectivity index (χ0) is 11.5. The van der Waals surface area contributed by atoms with Crippen molar-refractivity contribution in [3.05, 3.63) is 0 Å². The van der Waals surface area contributed by atoms with Gasteiger partial charge in [0.05, 0.1) is 5.60 Å². The van der Waals surface area contributed by atoms with Crippen molar-refractivity contribution >= 4 is 15.9 Å². The average molecular weight is 278 g/mol. The number of rotatable bonds is 5. The molecule has 1 fully saturated rings. The van der Waals surface area contributed by atoms with E-state index in [0.29, 0.717) is 5.41 Å². The van der Waals surface area contributed by atoms with Crippen LogP contribution in [0, 0.1) is 5.41 Å². The molecule has 0 aliphatic carbocycles. The molecule has 1 saturated heterocycles. The lowest BCUT2D eigenvalue weighted by Crippen LogP contribution is -2.39. The average Bonchev–Trinajstić information content (AvgIpc) is 2.55. The van der Waals surface area contributed by atoms with Crippen LogP contribution in [-0.2, 0) is 0 Å². The Labute approximate surface area is 102 Å². The minimum absolute atomic E-state index is 0.389. The Morgan fingerprint density at radius 1 is 1.40 bits per heavy atom. The van der Waals surface area contributed by atoms with Gasteiger partial charge >= 0.3 is 0 Å². The first kappa shape index (κ1) is 13.5. The monoisotopic (exact) mass is 277 g/mol. The van der Waals surface area contributed by atoms with Crippen LogP contribution in [0.2, 0.25) is 0 Å². The van der Waals surface area contributed by atoms with Crippen molar-refractivity contribution in [1.82, 2.24) is 4.90 Å². The molecule has 2 nitrogen and oxygen atoms in total. The van der Waals surface area contributed by atoms with E-state index in [0.717, 1.165) is 31.4 Å². The smallest absolute Gasteiger partial charge is 0.0758 e. The molecule has 0 amide bonds. The Hall–Kier alpha value is 0.400. The summed E-state index contributed by atoms with van der Waals surface area (Å²) in [4.78, 5) is 2.41. The van der Waals surface area contributed by atoms with Crippen LogP contribution < -0.4 is 0 Å². The zero-order valence-corrected chi connectivity index (χ0v) is 11.8. The van der Waals surface area contributed by atoms with E-state index >= 15 is 0 Å². The van der Waals surface area contributed by atoms with Gasteiger partial charge in [0, 0.05) is 25.0 Å². The van der Waals surface area contributed by atoms with Crippen molar-refractivity contribution in [2.24, 2.45) is 5.41 Å². The number of halogens is 1. The predicted molar refractivity (Wildman–Crippen MR) is 68.5 cm³/mol. The molecule has 1 heterocycles. The molecule has 0 radical (unpaired) electrons. The molecular weight excluding hydrogens is 254 g/mol. The second-order valence-electron chi connectivity index (χ2n) is 5.30. The highest BCUT2D eigenvalue weighted by Gasteiger charge is 2.35. The summed E-state index contributed by atoms with van der Waals surface area (Å²) < 4.78 is 0. The Morgan fingerprint density at radius 3 is 2.33 bits per heavy atom. The summed E-state index contributed by atoms with van der Waals surface area (Å²) in [5.41, 5.74) is -0.0695. The molecule has 1 unspecified atom stereocenters. The topological polar surface area (TPSA) is 23.5 Å². The van der Waals surface area contributed by atoms with Crippen molar-refractivity contribution in [3.63, 3.8) is 0 Å². The van der Waals surface area contributed by atoms with Gasteiger partial charge in [0.1, 0.15) is 0 Å². The molecule has 90 valence electrons. The molecule has 1 atom stereocenters. The lowest BCUT2D eigenvalue weighted by molar-refractivity contribution is 0.0616. The van der Waals surface area contributed by atoms with Crippen LogP contribution in [0.5, 0.6) is 0 Å². The van der Waals surface area contributed by atoms with Gasteiger partial charge in [0.15, 0.2) is 0 Å². The van der Waals surface area contributed by atoms with Crippen LogP contribution in [0.4, 0.5) is 0 Å². The zero-order valence-electron chi connectivity index (χ0n) is 10.2. The summed E-state index contributed by atoms with van der Waals surface area (Å²) in [6, 6.07) is 0. The van der Waals surface area contributed by atoms with Crippen LogP contribution in [0.15, 0.2) is 0 Å². The molecule has 0 aromatic heterocycles. The quantitative estimate of drug-likeness (QED) is 0.781. The summed E-state index contributed by atoms with van der Waals surface area (Å²) in [6.07, 6.45) is 3.32. The molecule has 0 bridgehead atoms. The summed E-state index contributed by atoms with van der Waals surface area (Å²) >= 11 is 3.64. The lowest BCUT2D eigenvalue weighted by Gasteiger charge is -2.34. The number of nitrogens with zero attached hydrogens (tertiary/aromatic N) is 1. The molecule has 1 aliphatic heterocycles. The van der Waals surface area contributed by atoms with Gasteiger partial charge in [-0.3, -0.25) is 4.90 Å². The van der Waals surface area contributed by atoms with Gasteiger partial charge in [0.2, 0.25) is 0 Å². The third-order valence-electron chi connectivity index (χ3n) is 3.87. The first-order chi connectivity index (χ1) is 6.97. The van der Waals surface area contributed by atoms with E-state index in [1.54, 1.807) is 0 Å². The number of likely N-dealkylation sites (tertiary alicyclic amines) is 1. The second-order valence-corrected chi connectivity index (χ2v) is 5.86. The predicted octanol–water partition coefficient (Wildman–Crippen LogP) is 2.64. The van der Waals surface area contributed by atoms with E-state index in [1.807, 2.05) is 6.92 Å². The fourth-order valence-electron chi connectivity index (χ4n) is 2.35. The lowest BCUT2D eigenvalue weighted by atomic mass is 9.84. The summed E-state index contributed by atoms with van der Waals surface area (Å²) in [5.74, 6) is 0. The number of aliphatic hydroxyl groups is 1. The van der Waals surface area contributed by atoms with Crippen molar-refractivity contribution in [2.75, 3.05) is 25.0 Å². The van der Waals surface area contributed by atoms with Crippen molar-refractivity contribution in [1.29, 1.82) is 0 Å². The molecule has 1 aliphatic rings. The van der Waals surface area contributed by atoms with Crippen molar-refractivity contribution < 1.29 is 5.11 Å². The van der Waals surface area contributed by atoms with E-state index in [9.17, 15) is 5.11 Å². The van der Waals surface area contributed by atoms with E-state index in [4.69, 9.17) is 0 Å². The van der Waals surface area contributed by atoms with Crippen LogP contribution in [-0.4, -0.2) is 40.6 Å². The maximum atomic E-state index is 9.93. The Kier molecular flexibility index (Phi) is 4.63. The normalized spacial score (nSPS) is 28.6. The second kappa shape index (κ2) is 5.15. The molecule has 3 heteroatoms. The Morgan fingerprint density at radius 2 is 2.00 bits per heavy atom. The van der Waals surface area contributed by atoms with Crippen molar-refractivity contribution in [3.8, 4) is 0 Å². The molecule has 0 aromatic carbocycles.